The van der Waals surface area contributed by atoms with Crippen molar-refractivity contribution in [2.24, 2.45) is 0 Å². The molecule has 1 nitrogen and oxygen atoms in total. The van der Waals surface area contributed by atoms with Gasteiger partial charge < -0.3 is 5.11 Å². The molecule has 0 heterocycles. The van der Waals surface area contributed by atoms with Crippen molar-refractivity contribution >= 4 is 10.8 Å². The molecule has 2 rings (SSSR count). The van der Waals surface area contributed by atoms with Crippen LogP contribution >= 0.6 is 0 Å². The largest absolute Gasteiger partial charge is 0.396 e. The van der Waals surface area contributed by atoms with Crippen LogP contribution in [0.2, 0.25) is 0 Å². The van der Waals surface area contributed by atoms with Crippen molar-refractivity contribution in [3.63, 3.8) is 0 Å². The Kier molecular flexibility index (Phi) is 3.36. The van der Waals surface area contributed by atoms with Gasteiger partial charge in [0.2, 0.25) is 0 Å². The van der Waals surface area contributed by atoms with E-state index in [2.05, 4.69) is 42.5 Å². The average molecular weight is 200 g/mol. The molecule has 0 aromatic heterocycles. The third-order valence-electron chi connectivity index (χ3n) is 2.73. The SMILES string of the molecule is OCCCCc1cccc2ccccc12. The van der Waals surface area contributed by atoms with Crippen molar-refractivity contribution in [2.75, 3.05) is 6.61 Å². The molecule has 0 saturated carbocycles. The highest BCUT2D eigenvalue weighted by molar-refractivity contribution is 5.85. The van der Waals surface area contributed by atoms with Crippen LogP contribution in [0.25, 0.3) is 10.8 Å². The Bertz CT molecular complexity index is 429. The lowest BCUT2D eigenvalue weighted by Gasteiger charge is -2.05. The van der Waals surface area contributed by atoms with Crippen LogP contribution in [0, 0.1) is 0 Å². The van der Waals surface area contributed by atoms with Gasteiger partial charge in [0.05, 0.1) is 0 Å². The Morgan fingerprint density at radius 2 is 1.67 bits per heavy atom. The zero-order valence-corrected chi connectivity index (χ0v) is 8.82. The van der Waals surface area contributed by atoms with Crippen LogP contribution in [0.3, 0.4) is 0 Å². The van der Waals surface area contributed by atoms with Crippen molar-refractivity contribution in [1.29, 1.82) is 0 Å². The van der Waals surface area contributed by atoms with E-state index in [1.165, 1.54) is 16.3 Å². The number of aliphatic hydroxyl groups is 1. The van der Waals surface area contributed by atoms with Crippen molar-refractivity contribution in [3.05, 3.63) is 48.0 Å². The molecule has 2 aromatic carbocycles. The van der Waals surface area contributed by atoms with E-state index in [4.69, 9.17) is 5.11 Å². The predicted molar refractivity (Wildman–Crippen MR) is 64.0 cm³/mol. The molecule has 0 aliphatic heterocycles. The van der Waals surface area contributed by atoms with Gasteiger partial charge in [-0.25, -0.2) is 0 Å². The number of aryl methyl sites for hydroxylation is 1. The minimum Gasteiger partial charge on any atom is -0.396 e. The smallest absolute Gasteiger partial charge is 0.0431 e. The number of unbranched alkanes of at least 4 members (excludes halogenated alkanes) is 1. The summed E-state index contributed by atoms with van der Waals surface area (Å²) in [5.74, 6) is 0. The zero-order valence-electron chi connectivity index (χ0n) is 8.82. The molecule has 0 amide bonds. The van der Waals surface area contributed by atoms with Gasteiger partial charge in [-0.2, -0.15) is 0 Å². The first kappa shape index (κ1) is 10.2. The van der Waals surface area contributed by atoms with Gasteiger partial charge >= 0.3 is 0 Å². The zero-order chi connectivity index (χ0) is 10.5. The van der Waals surface area contributed by atoms with Crippen molar-refractivity contribution in [2.45, 2.75) is 19.3 Å². The monoisotopic (exact) mass is 200 g/mol. The molecule has 1 N–H and O–H groups in total. The predicted octanol–water partition coefficient (Wildman–Crippen LogP) is 3.15. The fourth-order valence-corrected chi connectivity index (χ4v) is 1.94. The molecule has 0 fully saturated rings. The Hall–Kier alpha value is -1.34. The molecule has 0 aliphatic rings. The standard InChI is InChI=1S/C14H16O/c15-11-4-3-7-13-9-5-8-12-6-1-2-10-14(12)13/h1-2,5-6,8-10,15H,3-4,7,11H2. The summed E-state index contributed by atoms with van der Waals surface area (Å²) in [6.45, 7) is 0.296. The topological polar surface area (TPSA) is 20.2 Å². The van der Waals surface area contributed by atoms with Crippen molar-refractivity contribution in [1.82, 2.24) is 0 Å². The molecule has 0 bridgehead atoms. The highest BCUT2D eigenvalue weighted by atomic mass is 16.2. The summed E-state index contributed by atoms with van der Waals surface area (Å²) in [5, 5.41) is 11.4. The van der Waals surface area contributed by atoms with E-state index >= 15 is 0 Å². The maximum absolute atomic E-state index is 8.76. The normalized spacial score (nSPS) is 10.7. The lowest BCUT2D eigenvalue weighted by Crippen LogP contribution is -1.89. The lowest BCUT2D eigenvalue weighted by atomic mass is 10.0. The summed E-state index contributed by atoms with van der Waals surface area (Å²) >= 11 is 0. The summed E-state index contributed by atoms with van der Waals surface area (Å²) in [6.07, 6.45) is 3.01. The number of fused-ring (bicyclic) bond motifs is 1. The molecule has 0 unspecified atom stereocenters. The van der Waals surface area contributed by atoms with E-state index in [9.17, 15) is 0 Å². The van der Waals surface area contributed by atoms with Crippen LogP contribution < -0.4 is 0 Å². The molecule has 78 valence electrons. The minimum absolute atomic E-state index is 0.296. The second-order valence-electron chi connectivity index (χ2n) is 3.82. The minimum atomic E-state index is 0.296. The number of aliphatic hydroxyl groups excluding tert-OH is 1. The molecule has 1 heteroatoms. The highest BCUT2D eigenvalue weighted by Crippen LogP contribution is 2.19. The van der Waals surface area contributed by atoms with E-state index in [-0.39, 0.29) is 0 Å². The van der Waals surface area contributed by atoms with Crippen LogP contribution in [0.1, 0.15) is 18.4 Å². The quantitative estimate of drug-likeness (QED) is 0.752. The van der Waals surface area contributed by atoms with Gasteiger partial charge in [0.1, 0.15) is 0 Å². The van der Waals surface area contributed by atoms with Crippen LogP contribution in [0.4, 0.5) is 0 Å². The molecular formula is C14H16O. The molecule has 0 aliphatic carbocycles. The fourth-order valence-electron chi connectivity index (χ4n) is 1.94. The van der Waals surface area contributed by atoms with Gasteiger partial charge in [-0.3, -0.25) is 0 Å². The number of rotatable bonds is 4. The molecule has 0 saturated heterocycles. The van der Waals surface area contributed by atoms with E-state index in [1.807, 2.05) is 0 Å². The molecule has 2 aromatic rings. The second-order valence-corrected chi connectivity index (χ2v) is 3.82. The summed E-state index contributed by atoms with van der Waals surface area (Å²) in [7, 11) is 0. The van der Waals surface area contributed by atoms with Gasteiger partial charge in [-0.05, 0) is 35.6 Å². The first-order valence-electron chi connectivity index (χ1n) is 5.49. The number of hydrogen-bond acceptors (Lipinski definition) is 1. The van der Waals surface area contributed by atoms with E-state index < -0.39 is 0 Å². The third-order valence-corrected chi connectivity index (χ3v) is 2.73. The number of benzene rings is 2. The van der Waals surface area contributed by atoms with E-state index in [0.29, 0.717) is 6.61 Å². The van der Waals surface area contributed by atoms with E-state index in [0.717, 1.165) is 19.3 Å². The van der Waals surface area contributed by atoms with Crippen LogP contribution in [-0.2, 0) is 6.42 Å². The highest BCUT2D eigenvalue weighted by Gasteiger charge is 1.99. The lowest BCUT2D eigenvalue weighted by molar-refractivity contribution is 0.284. The summed E-state index contributed by atoms with van der Waals surface area (Å²) in [6, 6.07) is 14.9. The van der Waals surface area contributed by atoms with Gasteiger partial charge in [-0.1, -0.05) is 42.5 Å². The van der Waals surface area contributed by atoms with Crippen molar-refractivity contribution in [3.8, 4) is 0 Å². The fraction of sp³-hybridized carbons (Fsp3) is 0.286. The van der Waals surface area contributed by atoms with Crippen LogP contribution in [0.15, 0.2) is 42.5 Å². The average Bonchev–Trinajstić information content (AvgIpc) is 2.30. The molecule has 0 spiro atoms. The van der Waals surface area contributed by atoms with Gasteiger partial charge in [0.15, 0.2) is 0 Å². The Balaban J connectivity index is 2.26. The Morgan fingerprint density at radius 3 is 2.53 bits per heavy atom. The maximum atomic E-state index is 8.76. The molecule has 0 atom stereocenters. The van der Waals surface area contributed by atoms with Crippen molar-refractivity contribution < 1.29 is 5.11 Å². The third kappa shape index (κ3) is 2.37. The maximum Gasteiger partial charge on any atom is 0.0431 e. The van der Waals surface area contributed by atoms with E-state index in [1.54, 1.807) is 0 Å². The van der Waals surface area contributed by atoms with Gasteiger partial charge in [-0.15, -0.1) is 0 Å². The summed E-state index contributed by atoms with van der Waals surface area (Å²) in [5.41, 5.74) is 1.39. The Morgan fingerprint density at radius 1 is 0.867 bits per heavy atom. The molecule has 0 radical (unpaired) electrons. The first-order valence-corrected chi connectivity index (χ1v) is 5.49. The molecular weight excluding hydrogens is 184 g/mol. The van der Waals surface area contributed by atoms with Gasteiger partial charge in [0.25, 0.3) is 0 Å². The number of hydrogen-bond donors (Lipinski definition) is 1. The summed E-state index contributed by atoms with van der Waals surface area (Å²) in [4.78, 5) is 0. The van der Waals surface area contributed by atoms with Crippen LogP contribution in [-0.4, -0.2) is 11.7 Å². The Labute approximate surface area is 90.4 Å². The van der Waals surface area contributed by atoms with Gasteiger partial charge in [0, 0.05) is 6.61 Å². The molecule has 15 heavy (non-hydrogen) atoms. The first-order chi connectivity index (χ1) is 7.42. The van der Waals surface area contributed by atoms with Crippen LogP contribution in [0.5, 0.6) is 0 Å². The summed E-state index contributed by atoms with van der Waals surface area (Å²) < 4.78 is 0. The second kappa shape index (κ2) is 4.94.